The molecule has 0 saturated carbocycles. The molecule has 0 bridgehead atoms. The molecule has 0 aliphatic carbocycles. The molecule has 2 rings (SSSR count). The van der Waals surface area contributed by atoms with Gasteiger partial charge in [0.25, 0.3) is 0 Å². The predicted molar refractivity (Wildman–Crippen MR) is 82.9 cm³/mol. The third-order valence-corrected chi connectivity index (χ3v) is 3.56. The molecule has 3 nitrogen and oxygen atoms in total. The Labute approximate surface area is 128 Å². The molecule has 0 radical (unpaired) electrons. The Morgan fingerprint density at radius 2 is 2.00 bits per heavy atom. The number of rotatable bonds is 5. The standard InChI is InChI=1S/C16H15ClFN3/c17-14-7-16(12(8-19)6-15(14)18)21-10-13(9-20)11-4-2-1-3-5-11/h1-7,13,21H,9-10,20H2. The molecule has 0 spiro atoms. The number of nitrogens with zero attached hydrogens (tertiary/aromatic N) is 1. The van der Waals surface area contributed by atoms with E-state index in [0.29, 0.717) is 18.8 Å². The van der Waals surface area contributed by atoms with Gasteiger partial charge in [-0.3, -0.25) is 0 Å². The molecule has 2 aromatic rings. The summed E-state index contributed by atoms with van der Waals surface area (Å²) in [7, 11) is 0. The summed E-state index contributed by atoms with van der Waals surface area (Å²) in [6.07, 6.45) is 0. The van der Waals surface area contributed by atoms with Gasteiger partial charge in [-0.15, -0.1) is 0 Å². The highest BCUT2D eigenvalue weighted by Crippen LogP contribution is 2.25. The van der Waals surface area contributed by atoms with Crippen LogP contribution in [0.5, 0.6) is 0 Å². The maximum Gasteiger partial charge on any atom is 0.143 e. The molecule has 1 unspecified atom stereocenters. The second-order valence-corrected chi connectivity index (χ2v) is 5.06. The van der Waals surface area contributed by atoms with Crippen molar-refractivity contribution in [2.24, 2.45) is 5.73 Å². The van der Waals surface area contributed by atoms with Crippen molar-refractivity contribution in [3.05, 3.63) is 64.4 Å². The second kappa shape index (κ2) is 7.07. The predicted octanol–water partition coefficient (Wildman–Crippen LogP) is 3.51. The Morgan fingerprint density at radius 1 is 1.29 bits per heavy atom. The molecule has 2 aromatic carbocycles. The molecule has 5 heteroatoms. The van der Waals surface area contributed by atoms with Crippen molar-refractivity contribution in [1.82, 2.24) is 0 Å². The molecular weight excluding hydrogens is 289 g/mol. The first-order valence-corrected chi connectivity index (χ1v) is 6.91. The summed E-state index contributed by atoms with van der Waals surface area (Å²) in [6.45, 7) is 1.00. The van der Waals surface area contributed by atoms with Crippen LogP contribution in [0.1, 0.15) is 17.0 Å². The van der Waals surface area contributed by atoms with Gasteiger partial charge in [-0.05, 0) is 17.7 Å². The van der Waals surface area contributed by atoms with Gasteiger partial charge >= 0.3 is 0 Å². The van der Waals surface area contributed by atoms with Crippen molar-refractivity contribution in [3.8, 4) is 6.07 Å². The van der Waals surface area contributed by atoms with Crippen molar-refractivity contribution in [2.75, 3.05) is 18.4 Å². The molecule has 0 aliphatic rings. The average molecular weight is 304 g/mol. The normalized spacial score (nSPS) is 11.7. The number of hydrogen-bond donors (Lipinski definition) is 2. The Balaban J connectivity index is 2.16. The summed E-state index contributed by atoms with van der Waals surface area (Å²) < 4.78 is 13.3. The van der Waals surface area contributed by atoms with Crippen molar-refractivity contribution in [3.63, 3.8) is 0 Å². The minimum atomic E-state index is -0.600. The number of nitriles is 1. The third kappa shape index (κ3) is 3.72. The minimum absolute atomic E-state index is 0.0134. The van der Waals surface area contributed by atoms with Gasteiger partial charge in [-0.2, -0.15) is 5.26 Å². The van der Waals surface area contributed by atoms with E-state index in [1.165, 1.54) is 6.07 Å². The zero-order valence-corrected chi connectivity index (χ0v) is 12.1. The minimum Gasteiger partial charge on any atom is -0.383 e. The highest BCUT2D eigenvalue weighted by atomic mass is 35.5. The van der Waals surface area contributed by atoms with Gasteiger partial charge in [0.1, 0.15) is 11.9 Å². The van der Waals surface area contributed by atoms with E-state index < -0.39 is 5.82 Å². The molecule has 21 heavy (non-hydrogen) atoms. The SMILES string of the molecule is N#Cc1cc(F)c(Cl)cc1NCC(CN)c1ccccc1. The Bertz CT molecular complexity index is 653. The number of benzene rings is 2. The fourth-order valence-corrected chi connectivity index (χ4v) is 2.24. The maximum atomic E-state index is 13.3. The zero-order chi connectivity index (χ0) is 15.2. The second-order valence-electron chi connectivity index (χ2n) is 4.65. The maximum absolute atomic E-state index is 13.3. The molecule has 0 heterocycles. The number of anilines is 1. The fraction of sp³-hybridized carbons (Fsp3) is 0.188. The van der Waals surface area contributed by atoms with Crippen LogP contribution in [0.15, 0.2) is 42.5 Å². The van der Waals surface area contributed by atoms with Crippen LogP contribution in [-0.4, -0.2) is 13.1 Å². The molecule has 0 aliphatic heterocycles. The number of hydrogen-bond acceptors (Lipinski definition) is 3. The van der Waals surface area contributed by atoms with Gasteiger partial charge in [-0.25, -0.2) is 4.39 Å². The van der Waals surface area contributed by atoms with E-state index in [2.05, 4.69) is 5.32 Å². The summed E-state index contributed by atoms with van der Waals surface area (Å²) >= 11 is 5.76. The Kier molecular flexibility index (Phi) is 5.15. The molecule has 0 aromatic heterocycles. The lowest BCUT2D eigenvalue weighted by atomic mass is 9.99. The quantitative estimate of drug-likeness (QED) is 0.888. The van der Waals surface area contributed by atoms with Crippen LogP contribution in [-0.2, 0) is 0 Å². The molecule has 3 N–H and O–H groups in total. The van der Waals surface area contributed by atoms with Gasteiger partial charge in [-0.1, -0.05) is 41.9 Å². The van der Waals surface area contributed by atoms with Gasteiger partial charge in [0, 0.05) is 19.0 Å². The van der Waals surface area contributed by atoms with Crippen LogP contribution in [0, 0.1) is 17.1 Å². The van der Waals surface area contributed by atoms with Crippen LogP contribution in [0.4, 0.5) is 10.1 Å². The zero-order valence-electron chi connectivity index (χ0n) is 11.3. The molecule has 0 amide bonds. The van der Waals surface area contributed by atoms with Crippen LogP contribution in [0.25, 0.3) is 0 Å². The summed E-state index contributed by atoms with van der Waals surface area (Å²) in [5, 5.41) is 12.2. The molecular formula is C16H15ClFN3. The smallest absolute Gasteiger partial charge is 0.143 e. The summed E-state index contributed by atoms with van der Waals surface area (Å²) in [6, 6.07) is 14.4. The van der Waals surface area contributed by atoms with E-state index in [4.69, 9.17) is 22.6 Å². The van der Waals surface area contributed by atoms with Crippen LogP contribution < -0.4 is 11.1 Å². The fourth-order valence-electron chi connectivity index (χ4n) is 2.08. The first-order chi connectivity index (χ1) is 10.2. The highest BCUT2D eigenvalue weighted by Gasteiger charge is 2.12. The highest BCUT2D eigenvalue weighted by molar-refractivity contribution is 6.31. The van der Waals surface area contributed by atoms with Crippen molar-refractivity contribution in [1.29, 1.82) is 5.26 Å². The third-order valence-electron chi connectivity index (χ3n) is 3.28. The Hall–Kier alpha value is -2.09. The number of nitrogens with two attached hydrogens (primary N) is 1. The van der Waals surface area contributed by atoms with Crippen LogP contribution >= 0.6 is 11.6 Å². The Morgan fingerprint density at radius 3 is 2.62 bits per heavy atom. The largest absolute Gasteiger partial charge is 0.383 e. The summed E-state index contributed by atoms with van der Waals surface area (Å²) in [5.74, 6) is -0.501. The van der Waals surface area contributed by atoms with Gasteiger partial charge in [0.15, 0.2) is 0 Å². The van der Waals surface area contributed by atoms with E-state index in [9.17, 15) is 4.39 Å². The van der Waals surface area contributed by atoms with E-state index in [1.54, 1.807) is 0 Å². The molecule has 0 saturated heterocycles. The van der Waals surface area contributed by atoms with Crippen LogP contribution in [0.3, 0.4) is 0 Å². The topological polar surface area (TPSA) is 61.8 Å². The van der Waals surface area contributed by atoms with Crippen LogP contribution in [0.2, 0.25) is 5.02 Å². The van der Waals surface area contributed by atoms with Crippen molar-refractivity contribution in [2.45, 2.75) is 5.92 Å². The molecule has 1 atom stereocenters. The molecule has 108 valence electrons. The summed E-state index contributed by atoms with van der Waals surface area (Å²) in [4.78, 5) is 0. The lowest BCUT2D eigenvalue weighted by molar-refractivity contribution is 0.628. The average Bonchev–Trinajstić information content (AvgIpc) is 2.52. The van der Waals surface area contributed by atoms with Gasteiger partial charge < -0.3 is 11.1 Å². The molecule has 0 fully saturated rings. The van der Waals surface area contributed by atoms with Gasteiger partial charge in [0.2, 0.25) is 0 Å². The number of halogens is 2. The van der Waals surface area contributed by atoms with E-state index >= 15 is 0 Å². The first kappa shape index (κ1) is 15.3. The number of nitrogens with one attached hydrogen (secondary N) is 1. The van der Waals surface area contributed by atoms with E-state index in [0.717, 1.165) is 11.6 Å². The van der Waals surface area contributed by atoms with Crippen molar-refractivity contribution < 1.29 is 4.39 Å². The first-order valence-electron chi connectivity index (χ1n) is 6.53. The van der Waals surface area contributed by atoms with Crippen molar-refractivity contribution >= 4 is 17.3 Å². The lowest BCUT2D eigenvalue weighted by Gasteiger charge is -2.17. The van der Waals surface area contributed by atoms with E-state index in [-0.39, 0.29) is 16.5 Å². The van der Waals surface area contributed by atoms with Gasteiger partial charge in [0.05, 0.1) is 16.3 Å². The lowest BCUT2D eigenvalue weighted by Crippen LogP contribution is -2.21. The summed E-state index contributed by atoms with van der Waals surface area (Å²) in [5.41, 5.74) is 7.65. The monoisotopic (exact) mass is 303 g/mol. The van der Waals surface area contributed by atoms with E-state index in [1.807, 2.05) is 36.4 Å².